The smallest absolute Gasteiger partial charge is 0.253 e. The average molecular weight is 266 g/mol. The molecule has 0 aliphatic rings. The molecule has 0 spiro atoms. The second-order valence-electron chi connectivity index (χ2n) is 5.69. The summed E-state index contributed by atoms with van der Waals surface area (Å²) in [5.41, 5.74) is 4.88. The van der Waals surface area contributed by atoms with E-state index < -0.39 is 10.9 Å². The van der Waals surface area contributed by atoms with E-state index in [-0.39, 0.29) is 11.2 Å². The maximum Gasteiger partial charge on any atom is 0.253 e. The van der Waals surface area contributed by atoms with E-state index in [1.165, 1.54) is 12.8 Å². The Morgan fingerprint density at radius 1 is 1.00 bits per heavy atom. The summed E-state index contributed by atoms with van der Waals surface area (Å²) >= 11 is 0. The molecule has 1 aromatic rings. The zero-order chi connectivity index (χ0) is 14.5. The van der Waals surface area contributed by atoms with Gasteiger partial charge in [0, 0.05) is 5.54 Å². The number of hydrogen-bond donors (Lipinski definition) is 2. The highest BCUT2D eigenvalue weighted by atomic mass is 16.2. The average Bonchev–Trinajstić information content (AvgIpc) is 2.42. The van der Waals surface area contributed by atoms with Gasteiger partial charge in [0.15, 0.2) is 0 Å². The van der Waals surface area contributed by atoms with Crippen LogP contribution in [0.15, 0.2) is 9.59 Å². The van der Waals surface area contributed by atoms with Gasteiger partial charge in [-0.15, -0.1) is 0 Å². The summed E-state index contributed by atoms with van der Waals surface area (Å²) in [5.74, 6) is 0. The van der Waals surface area contributed by atoms with E-state index in [0.29, 0.717) is 5.69 Å². The number of unbranched alkanes of at least 4 members (excludes halogenated alkanes) is 3. The van der Waals surface area contributed by atoms with Crippen LogP contribution in [-0.4, -0.2) is 5.54 Å². The second kappa shape index (κ2) is 6.73. The third-order valence-electron chi connectivity index (χ3n) is 3.79. The van der Waals surface area contributed by atoms with E-state index in [9.17, 15) is 9.59 Å². The molecule has 0 heterocycles. The van der Waals surface area contributed by atoms with Crippen molar-refractivity contribution in [2.24, 2.45) is 0 Å². The molecule has 4 heteroatoms. The Hall–Kier alpha value is -1.32. The van der Waals surface area contributed by atoms with Crippen molar-refractivity contribution in [3.8, 4) is 0 Å². The maximum absolute atomic E-state index is 11.5. The topological polar surface area (TPSA) is 72.2 Å². The summed E-state index contributed by atoms with van der Waals surface area (Å²) < 4.78 is 0. The first-order valence-electron chi connectivity index (χ1n) is 7.32. The molecule has 0 aliphatic heterocycles. The van der Waals surface area contributed by atoms with E-state index >= 15 is 0 Å². The lowest BCUT2D eigenvalue weighted by molar-refractivity contribution is 0.403. The van der Waals surface area contributed by atoms with Crippen LogP contribution in [0.1, 0.15) is 65.7 Å². The Morgan fingerprint density at radius 3 is 2.11 bits per heavy atom. The number of hydrogen-bond acceptors (Lipinski definition) is 4. The Labute approximate surface area is 115 Å². The Kier molecular flexibility index (Phi) is 5.58. The number of nitrogens with two attached hydrogens (primary N) is 1. The molecule has 3 N–H and O–H groups in total. The van der Waals surface area contributed by atoms with Crippen LogP contribution >= 0.6 is 0 Å². The molecule has 1 rings (SSSR count). The molecule has 0 saturated heterocycles. The first-order chi connectivity index (χ1) is 8.95. The molecule has 0 aromatic heterocycles. The summed E-state index contributed by atoms with van der Waals surface area (Å²) in [6, 6.07) is 0. The predicted molar refractivity (Wildman–Crippen MR) is 81.5 cm³/mol. The van der Waals surface area contributed by atoms with Crippen LogP contribution in [0.3, 0.4) is 0 Å². The van der Waals surface area contributed by atoms with Crippen LogP contribution in [0.5, 0.6) is 0 Å². The molecule has 1 unspecified atom stereocenters. The normalized spacial score (nSPS) is 14.5. The van der Waals surface area contributed by atoms with Crippen molar-refractivity contribution in [3.63, 3.8) is 0 Å². The molecule has 1 atom stereocenters. The van der Waals surface area contributed by atoms with Crippen LogP contribution in [0, 0.1) is 0 Å². The van der Waals surface area contributed by atoms with Crippen molar-refractivity contribution in [1.82, 2.24) is 0 Å². The second-order valence-corrected chi connectivity index (χ2v) is 5.69. The summed E-state index contributed by atoms with van der Waals surface area (Å²) in [6.45, 7) is 6.44. The van der Waals surface area contributed by atoms with Gasteiger partial charge >= 0.3 is 0 Å². The highest BCUT2D eigenvalue weighted by Crippen LogP contribution is 2.27. The fourth-order valence-corrected chi connectivity index (χ4v) is 2.42. The Balaban J connectivity index is 2.73. The molecule has 0 bridgehead atoms. The third-order valence-corrected chi connectivity index (χ3v) is 3.79. The minimum absolute atomic E-state index is 0.100. The number of nitrogens with one attached hydrogen (secondary N) is 1. The van der Waals surface area contributed by atoms with Crippen LogP contribution in [0.25, 0.3) is 0 Å². The van der Waals surface area contributed by atoms with Crippen molar-refractivity contribution >= 4 is 11.4 Å². The lowest BCUT2D eigenvalue weighted by Crippen LogP contribution is -2.44. The van der Waals surface area contributed by atoms with Gasteiger partial charge < -0.3 is 11.1 Å². The van der Waals surface area contributed by atoms with Crippen LogP contribution in [0.4, 0.5) is 11.4 Å². The molecule has 0 saturated carbocycles. The van der Waals surface area contributed by atoms with Gasteiger partial charge in [0.25, 0.3) is 10.9 Å². The largest absolute Gasteiger partial charge is 0.394 e. The van der Waals surface area contributed by atoms with E-state index in [0.717, 1.165) is 32.1 Å². The van der Waals surface area contributed by atoms with Crippen molar-refractivity contribution in [2.75, 3.05) is 11.1 Å². The van der Waals surface area contributed by atoms with Crippen molar-refractivity contribution in [2.45, 2.75) is 71.3 Å². The van der Waals surface area contributed by atoms with Gasteiger partial charge in [0.05, 0.1) is 0 Å². The Morgan fingerprint density at radius 2 is 1.58 bits per heavy atom. The molecule has 0 radical (unpaired) electrons. The van der Waals surface area contributed by atoms with Gasteiger partial charge in [-0.25, -0.2) is 0 Å². The van der Waals surface area contributed by atoms with Gasteiger partial charge in [-0.05, 0) is 19.8 Å². The van der Waals surface area contributed by atoms with Crippen molar-refractivity contribution < 1.29 is 0 Å². The molecule has 0 amide bonds. The minimum Gasteiger partial charge on any atom is -0.394 e. The highest BCUT2D eigenvalue weighted by molar-refractivity contribution is 5.72. The van der Waals surface area contributed by atoms with E-state index in [1.807, 2.05) is 0 Å². The standard InChI is InChI=1S/C15H26N2O2/c1-4-6-8-10-15(3,9-7-5-2)17-12-11(16)13(18)14(12)19/h17H,4-10,16H2,1-3H3. The number of rotatable bonds is 9. The molecular weight excluding hydrogens is 240 g/mol. The van der Waals surface area contributed by atoms with Gasteiger partial charge in [-0.1, -0.05) is 46.0 Å². The van der Waals surface area contributed by atoms with Crippen LogP contribution < -0.4 is 21.9 Å². The number of nitrogen functional groups attached to an aromatic ring is 1. The first-order valence-corrected chi connectivity index (χ1v) is 7.32. The third kappa shape index (κ3) is 3.82. The van der Waals surface area contributed by atoms with Crippen molar-refractivity contribution in [3.05, 3.63) is 20.4 Å². The monoisotopic (exact) mass is 266 g/mol. The lowest BCUT2D eigenvalue weighted by atomic mass is 9.88. The lowest BCUT2D eigenvalue weighted by Gasteiger charge is -2.33. The van der Waals surface area contributed by atoms with E-state index in [1.54, 1.807) is 0 Å². The predicted octanol–water partition coefficient (Wildman–Crippen LogP) is 2.81. The van der Waals surface area contributed by atoms with Crippen LogP contribution in [-0.2, 0) is 0 Å². The van der Waals surface area contributed by atoms with Gasteiger partial charge in [0.2, 0.25) is 0 Å². The molecule has 0 fully saturated rings. The molecule has 1 aromatic carbocycles. The molecule has 0 aliphatic carbocycles. The van der Waals surface area contributed by atoms with Crippen molar-refractivity contribution in [1.29, 1.82) is 0 Å². The summed E-state index contributed by atoms with van der Waals surface area (Å²) in [4.78, 5) is 22.7. The zero-order valence-electron chi connectivity index (χ0n) is 12.3. The number of anilines is 2. The van der Waals surface area contributed by atoms with E-state index in [2.05, 4.69) is 26.1 Å². The molecular formula is C15H26N2O2. The van der Waals surface area contributed by atoms with Gasteiger partial charge in [-0.3, -0.25) is 9.59 Å². The zero-order valence-corrected chi connectivity index (χ0v) is 12.3. The fraction of sp³-hybridized carbons (Fsp3) is 0.733. The van der Waals surface area contributed by atoms with Gasteiger partial charge in [-0.2, -0.15) is 0 Å². The molecule has 19 heavy (non-hydrogen) atoms. The first kappa shape index (κ1) is 15.7. The summed E-state index contributed by atoms with van der Waals surface area (Å²) in [7, 11) is 0. The highest BCUT2D eigenvalue weighted by Gasteiger charge is 2.28. The maximum atomic E-state index is 11.5. The fourth-order valence-electron chi connectivity index (χ4n) is 2.42. The summed E-state index contributed by atoms with van der Waals surface area (Å²) in [5, 5.41) is 3.24. The molecule has 108 valence electrons. The Bertz CT molecular complexity index is 475. The molecule has 4 nitrogen and oxygen atoms in total. The summed E-state index contributed by atoms with van der Waals surface area (Å²) in [6.07, 6.45) is 7.69. The SMILES string of the molecule is CCCCCC(C)(CCCC)Nc1c(N)c(=O)c1=O. The minimum atomic E-state index is -0.547. The quantitative estimate of drug-likeness (QED) is 0.532. The van der Waals surface area contributed by atoms with Crippen LogP contribution in [0.2, 0.25) is 0 Å². The van der Waals surface area contributed by atoms with Gasteiger partial charge in [0.1, 0.15) is 11.4 Å². The van der Waals surface area contributed by atoms with E-state index in [4.69, 9.17) is 5.73 Å².